The van der Waals surface area contributed by atoms with Crippen molar-refractivity contribution in [2.75, 3.05) is 48.3 Å². The van der Waals surface area contributed by atoms with E-state index < -0.39 is 47.4 Å². The Morgan fingerprint density at radius 2 is 1.95 bits per heavy atom. The van der Waals surface area contributed by atoms with Gasteiger partial charge in [0.1, 0.15) is 23.5 Å². The van der Waals surface area contributed by atoms with Crippen molar-refractivity contribution in [1.29, 1.82) is 0 Å². The lowest BCUT2D eigenvalue weighted by atomic mass is 10.2. The third kappa shape index (κ3) is 6.61. The molecule has 1 aromatic heterocycles. The Hall–Kier alpha value is -4.69. The van der Waals surface area contributed by atoms with Crippen LogP contribution in [0.25, 0.3) is 6.20 Å². The number of nitrogens with one attached hydrogen (secondary N) is 5. The first-order valence-corrected chi connectivity index (χ1v) is 12.2. The van der Waals surface area contributed by atoms with Gasteiger partial charge in [0.05, 0.1) is 18.8 Å². The number of hydrogen-bond acceptors (Lipinski definition) is 8. The molecule has 0 aliphatic carbocycles. The standard InChI is InChI=1S/C24H28F2N8O5/c1-13(31-22(37)19-12-33-7-3-4-29-23(33)32-19)21(36)28-6-5-27-20-17(25)8-15(9-18(20)26)34-11-16(39-24(34)38)10-30-14(2)35/h3,7-9,12-13,16,27H,4-6,10-11H2,1-2H3,(H,28,36)(H,29,32)(H,30,35)(H,31,37)/t13-,16-/m0/s1. The highest BCUT2D eigenvalue weighted by Crippen LogP contribution is 2.28. The van der Waals surface area contributed by atoms with Crippen LogP contribution in [-0.4, -0.2) is 78.2 Å². The molecule has 15 heteroatoms. The van der Waals surface area contributed by atoms with Gasteiger partial charge in [-0.15, -0.1) is 0 Å². The Bertz CT molecular complexity index is 1290. The van der Waals surface area contributed by atoms with E-state index in [9.17, 15) is 28.0 Å². The number of hydrogen-bond donors (Lipinski definition) is 5. The van der Waals surface area contributed by atoms with Gasteiger partial charge in [-0.05, 0) is 13.0 Å². The third-order valence-electron chi connectivity index (χ3n) is 5.87. The van der Waals surface area contributed by atoms with Crippen molar-refractivity contribution in [3.05, 3.63) is 41.7 Å². The van der Waals surface area contributed by atoms with Crippen molar-refractivity contribution >= 4 is 47.3 Å². The van der Waals surface area contributed by atoms with Crippen LogP contribution in [0.1, 0.15) is 24.3 Å². The van der Waals surface area contributed by atoms with Gasteiger partial charge in [-0.2, -0.15) is 0 Å². The van der Waals surface area contributed by atoms with Crippen LogP contribution in [0.2, 0.25) is 0 Å². The number of benzene rings is 1. The first-order valence-electron chi connectivity index (χ1n) is 12.2. The highest BCUT2D eigenvalue weighted by atomic mass is 19.1. The molecule has 0 spiro atoms. The molecular weight excluding hydrogens is 518 g/mol. The summed E-state index contributed by atoms with van der Waals surface area (Å²) in [5, 5.41) is 13.2. The van der Waals surface area contributed by atoms with Crippen LogP contribution in [0.3, 0.4) is 0 Å². The summed E-state index contributed by atoms with van der Waals surface area (Å²) in [6.07, 6.45) is 3.73. The quantitative estimate of drug-likeness (QED) is 0.275. The summed E-state index contributed by atoms with van der Waals surface area (Å²) in [6, 6.07) is 1.09. The van der Waals surface area contributed by atoms with Crippen molar-refractivity contribution in [2.24, 2.45) is 0 Å². The van der Waals surface area contributed by atoms with E-state index >= 15 is 0 Å². The fourth-order valence-electron chi connectivity index (χ4n) is 3.91. The van der Waals surface area contributed by atoms with Gasteiger partial charge < -0.3 is 31.3 Å². The molecule has 13 nitrogen and oxygen atoms in total. The molecular formula is C24H28F2N8O5. The molecule has 1 saturated heterocycles. The van der Waals surface area contributed by atoms with Crippen molar-refractivity contribution in [1.82, 2.24) is 25.5 Å². The number of ether oxygens (including phenoxy) is 1. The minimum atomic E-state index is -0.942. The lowest BCUT2D eigenvalue weighted by Crippen LogP contribution is -2.46. The molecule has 0 bridgehead atoms. The summed E-state index contributed by atoms with van der Waals surface area (Å²) < 4.78 is 36.1. The van der Waals surface area contributed by atoms with Gasteiger partial charge in [-0.25, -0.2) is 18.6 Å². The summed E-state index contributed by atoms with van der Waals surface area (Å²) in [5.74, 6) is -2.69. The number of halogens is 2. The van der Waals surface area contributed by atoms with Gasteiger partial charge in [0.15, 0.2) is 11.6 Å². The number of fused-ring (bicyclic) bond motifs is 1. The number of cyclic esters (lactones) is 1. The monoisotopic (exact) mass is 546 g/mol. The van der Waals surface area contributed by atoms with Crippen LogP contribution in [0, 0.1) is 11.6 Å². The van der Waals surface area contributed by atoms with Crippen LogP contribution in [0.15, 0.2) is 24.4 Å². The highest BCUT2D eigenvalue weighted by Gasteiger charge is 2.33. The second-order valence-electron chi connectivity index (χ2n) is 8.87. The van der Waals surface area contributed by atoms with Crippen LogP contribution >= 0.6 is 0 Å². The summed E-state index contributed by atoms with van der Waals surface area (Å²) in [7, 11) is 0. The zero-order valence-corrected chi connectivity index (χ0v) is 21.2. The maximum atomic E-state index is 14.7. The average Bonchev–Trinajstić information content (AvgIpc) is 3.49. The molecule has 2 aliphatic heterocycles. The molecule has 2 atom stereocenters. The molecule has 2 aromatic rings. The molecule has 5 N–H and O–H groups in total. The second kappa shape index (κ2) is 11.8. The van der Waals surface area contributed by atoms with Crippen LogP contribution in [0.5, 0.6) is 0 Å². The second-order valence-corrected chi connectivity index (χ2v) is 8.87. The minimum Gasteiger partial charge on any atom is -0.442 e. The molecule has 39 heavy (non-hydrogen) atoms. The van der Waals surface area contributed by atoms with Gasteiger partial charge >= 0.3 is 6.09 Å². The van der Waals surface area contributed by atoms with Gasteiger partial charge in [0.25, 0.3) is 5.91 Å². The zero-order valence-electron chi connectivity index (χ0n) is 21.2. The van der Waals surface area contributed by atoms with Crippen LogP contribution < -0.4 is 31.5 Å². The van der Waals surface area contributed by atoms with E-state index in [-0.39, 0.29) is 43.5 Å². The molecule has 0 unspecified atom stereocenters. The maximum absolute atomic E-state index is 14.7. The van der Waals surface area contributed by atoms with Gasteiger partial charge in [0.2, 0.25) is 17.8 Å². The predicted octanol–water partition coefficient (Wildman–Crippen LogP) is 0.865. The topological polar surface area (TPSA) is 159 Å². The Labute approximate surface area is 221 Å². The third-order valence-corrected chi connectivity index (χ3v) is 5.87. The minimum absolute atomic E-state index is 0.0104. The van der Waals surface area contributed by atoms with Crippen LogP contribution in [-0.2, 0) is 14.3 Å². The van der Waals surface area contributed by atoms with Gasteiger partial charge in [0, 0.05) is 51.1 Å². The van der Waals surface area contributed by atoms with E-state index in [2.05, 4.69) is 31.6 Å². The summed E-state index contributed by atoms with van der Waals surface area (Å²) in [6.45, 7) is 3.50. The first kappa shape index (κ1) is 27.3. The summed E-state index contributed by atoms with van der Waals surface area (Å²) in [4.78, 5) is 53.2. The first-order chi connectivity index (χ1) is 18.6. The zero-order chi connectivity index (χ0) is 28.1. The van der Waals surface area contributed by atoms with Gasteiger partial charge in [-0.3, -0.25) is 23.9 Å². The van der Waals surface area contributed by atoms with Crippen LogP contribution in [0.4, 0.5) is 30.9 Å². The molecule has 2 aliphatic rings. The number of imidazole rings is 1. The Kier molecular flexibility index (Phi) is 8.27. The van der Waals surface area contributed by atoms with E-state index in [0.717, 1.165) is 17.0 Å². The maximum Gasteiger partial charge on any atom is 0.414 e. The Morgan fingerprint density at radius 1 is 1.21 bits per heavy atom. The molecule has 4 amide bonds. The lowest BCUT2D eigenvalue weighted by molar-refractivity contribution is -0.122. The fourth-order valence-corrected chi connectivity index (χ4v) is 3.91. The predicted molar refractivity (Wildman–Crippen MR) is 137 cm³/mol. The number of amides is 4. The normalized spacial score (nSPS) is 16.6. The number of anilines is 3. The van der Waals surface area contributed by atoms with E-state index in [4.69, 9.17) is 4.74 Å². The Balaban J connectivity index is 1.24. The molecule has 0 saturated carbocycles. The van der Waals surface area contributed by atoms with E-state index in [0.29, 0.717) is 12.5 Å². The van der Waals surface area contributed by atoms with Crippen molar-refractivity contribution in [3.8, 4) is 0 Å². The lowest BCUT2D eigenvalue weighted by Gasteiger charge is -2.17. The molecule has 208 valence electrons. The summed E-state index contributed by atoms with van der Waals surface area (Å²) in [5.41, 5.74) is -0.317. The van der Waals surface area contributed by atoms with E-state index in [1.54, 1.807) is 10.8 Å². The molecule has 4 rings (SSSR count). The van der Waals surface area contributed by atoms with E-state index in [1.165, 1.54) is 20.0 Å². The SMILES string of the molecule is CC(=O)NC[C@H]1CN(c2cc(F)c(NCCNC(=O)[C@H](C)NC(=O)c3cn4c(n3)NCC=C4)c(F)c2)C(=O)O1. The fraction of sp³-hybridized carbons (Fsp3) is 0.375. The largest absolute Gasteiger partial charge is 0.442 e. The number of carbonyl (C=O) groups excluding carboxylic acids is 4. The van der Waals surface area contributed by atoms with Crippen molar-refractivity contribution < 1.29 is 32.7 Å². The number of carbonyl (C=O) groups is 4. The van der Waals surface area contributed by atoms with Crippen molar-refractivity contribution in [2.45, 2.75) is 26.0 Å². The van der Waals surface area contributed by atoms with Gasteiger partial charge in [-0.1, -0.05) is 0 Å². The summed E-state index contributed by atoms with van der Waals surface area (Å²) >= 11 is 0. The molecule has 1 aromatic carbocycles. The number of rotatable bonds is 10. The Morgan fingerprint density at radius 3 is 2.64 bits per heavy atom. The smallest absolute Gasteiger partial charge is 0.414 e. The molecule has 1 fully saturated rings. The molecule has 0 radical (unpaired) electrons. The molecule has 3 heterocycles. The van der Waals surface area contributed by atoms with Crippen molar-refractivity contribution in [3.63, 3.8) is 0 Å². The number of nitrogens with zero attached hydrogens (tertiary/aromatic N) is 3. The average molecular weight is 547 g/mol. The number of aromatic nitrogens is 2. The highest BCUT2D eigenvalue weighted by molar-refractivity contribution is 5.96. The van der Waals surface area contributed by atoms with E-state index in [1.807, 2.05) is 6.08 Å².